The highest BCUT2D eigenvalue weighted by Crippen LogP contribution is 2.26. The zero-order valence-corrected chi connectivity index (χ0v) is 17.8. The normalized spacial score (nSPS) is 15.1. The summed E-state index contributed by atoms with van der Waals surface area (Å²) in [5, 5.41) is 19.8. The lowest BCUT2D eigenvalue weighted by Gasteiger charge is -2.17. The van der Waals surface area contributed by atoms with Crippen LogP contribution in [0.5, 0.6) is 0 Å². The van der Waals surface area contributed by atoms with Crippen molar-refractivity contribution < 1.29 is 12.8 Å². The molecule has 2 aromatic rings. The Bertz CT molecular complexity index is 1260. The lowest BCUT2D eigenvalue weighted by Crippen LogP contribution is -2.14. The number of sulfonamides is 1. The number of nitrogens with two attached hydrogens (primary N) is 1. The van der Waals surface area contributed by atoms with E-state index in [1.165, 1.54) is 6.07 Å². The quantitative estimate of drug-likeness (QED) is 0.622. The molecule has 0 spiro atoms. The maximum absolute atomic E-state index is 14.3. The topological polar surface area (TPSA) is 134 Å². The molecule has 1 aromatic carbocycles. The van der Waals surface area contributed by atoms with E-state index < -0.39 is 15.8 Å². The van der Waals surface area contributed by atoms with Crippen LogP contribution in [0.3, 0.4) is 0 Å². The maximum atomic E-state index is 14.3. The van der Waals surface area contributed by atoms with Crippen molar-refractivity contribution in [1.29, 1.82) is 5.26 Å². The smallest absolute Gasteiger partial charge is 0.238 e. The molecule has 0 radical (unpaired) electrons. The van der Waals surface area contributed by atoms with Crippen LogP contribution in [0, 0.1) is 24.1 Å². The lowest BCUT2D eigenvalue weighted by molar-refractivity contribution is 0.597. The van der Waals surface area contributed by atoms with Crippen molar-refractivity contribution in [2.75, 3.05) is 10.6 Å². The highest BCUT2D eigenvalue weighted by molar-refractivity contribution is 7.89. The Morgan fingerprint density at radius 2 is 2.06 bits per heavy atom. The molecule has 0 fully saturated rings. The molecule has 0 bridgehead atoms. The predicted octanol–water partition coefficient (Wildman–Crippen LogP) is 3.80. The highest BCUT2D eigenvalue weighted by Gasteiger charge is 2.15. The zero-order valence-electron chi connectivity index (χ0n) is 17.0. The number of hydrogen-bond donors (Lipinski definition) is 3. The number of primary sulfonamides is 1. The van der Waals surface area contributed by atoms with Gasteiger partial charge in [-0.1, -0.05) is 18.2 Å². The van der Waals surface area contributed by atoms with E-state index in [2.05, 4.69) is 26.7 Å². The summed E-state index contributed by atoms with van der Waals surface area (Å²) < 4.78 is 37.7. The molecule has 4 N–H and O–H groups in total. The Hall–Kier alpha value is -3.55. The maximum Gasteiger partial charge on any atom is 0.238 e. The molecule has 8 nitrogen and oxygen atoms in total. The SMILES string of the molecule is CC1=C(Nc2nc(Nc3ccc(C)c(S(N)(=O)=O)c3)ncc2F)C=CC(=CCC#N)C1. The Morgan fingerprint density at radius 3 is 2.74 bits per heavy atom. The molecule has 0 aliphatic heterocycles. The van der Waals surface area contributed by atoms with E-state index in [0.29, 0.717) is 29.8 Å². The number of nitrogens with one attached hydrogen (secondary N) is 2. The van der Waals surface area contributed by atoms with Crippen molar-refractivity contribution >= 4 is 27.5 Å². The second kappa shape index (κ2) is 9.07. The molecule has 31 heavy (non-hydrogen) atoms. The van der Waals surface area contributed by atoms with Gasteiger partial charge in [0.15, 0.2) is 11.6 Å². The number of aryl methyl sites for hydroxylation is 1. The second-order valence-corrected chi connectivity index (χ2v) is 8.54. The molecular formula is C21H21FN6O2S. The first kappa shape index (κ1) is 22.1. The van der Waals surface area contributed by atoms with Crippen molar-refractivity contribution in [3.63, 3.8) is 0 Å². The van der Waals surface area contributed by atoms with Gasteiger partial charge in [-0.25, -0.2) is 22.9 Å². The van der Waals surface area contributed by atoms with Gasteiger partial charge in [0, 0.05) is 11.4 Å². The molecule has 0 atom stereocenters. The van der Waals surface area contributed by atoms with Gasteiger partial charge in [0.25, 0.3) is 0 Å². The number of nitrogens with zero attached hydrogens (tertiary/aromatic N) is 3. The van der Waals surface area contributed by atoms with Gasteiger partial charge in [-0.2, -0.15) is 10.2 Å². The van der Waals surface area contributed by atoms with Gasteiger partial charge in [-0.15, -0.1) is 0 Å². The van der Waals surface area contributed by atoms with Crippen molar-refractivity contribution in [2.45, 2.75) is 31.6 Å². The third kappa shape index (κ3) is 5.53. The van der Waals surface area contributed by atoms with Crippen LogP contribution in [0.15, 0.2) is 64.4 Å². The van der Waals surface area contributed by atoms with E-state index in [-0.39, 0.29) is 16.7 Å². The largest absolute Gasteiger partial charge is 0.338 e. The van der Waals surface area contributed by atoms with E-state index in [9.17, 15) is 12.8 Å². The molecule has 3 rings (SSSR count). The molecule has 1 aliphatic carbocycles. The predicted molar refractivity (Wildman–Crippen MR) is 116 cm³/mol. The average Bonchev–Trinajstić information content (AvgIpc) is 2.71. The summed E-state index contributed by atoms with van der Waals surface area (Å²) >= 11 is 0. The molecule has 160 valence electrons. The Kier molecular flexibility index (Phi) is 6.48. The van der Waals surface area contributed by atoms with Gasteiger partial charge < -0.3 is 10.6 Å². The molecule has 0 unspecified atom stereocenters. The molecule has 1 aliphatic rings. The summed E-state index contributed by atoms with van der Waals surface area (Å²) in [6.07, 6.45) is 7.51. The van der Waals surface area contributed by atoms with Crippen molar-refractivity contribution in [2.24, 2.45) is 5.14 Å². The molecule has 0 saturated carbocycles. The van der Waals surface area contributed by atoms with Crippen LogP contribution in [0.1, 0.15) is 25.3 Å². The lowest BCUT2D eigenvalue weighted by atomic mass is 9.98. The first-order valence-electron chi connectivity index (χ1n) is 9.31. The Labute approximate surface area is 180 Å². The first-order chi connectivity index (χ1) is 14.7. The minimum atomic E-state index is -3.89. The number of hydrogen-bond acceptors (Lipinski definition) is 7. The molecule has 0 amide bonds. The number of benzene rings is 1. The van der Waals surface area contributed by atoms with Crippen LogP contribution in [0.25, 0.3) is 0 Å². The van der Waals surface area contributed by atoms with E-state index in [1.807, 2.05) is 19.1 Å². The summed E-state index contributed by atoms with van der Waals surface area (Å²) in [6.45, 7) is 3.54. The number of aromatic nitrogens is 2. The minimum absolute atomic E-state index is 0.0219. The van der Waals surface area contributed by atoms with Crippen LogP contribution in [0.2, 0.25) is 0 Å². The van der Waals surface area contributed by atoms with Crippen LogP contribution in [-0.4, -0.2) is 18.4 Å². The van der Waals surface area contributed by atoms with Gasteiger partial charge in [0.05, 0.1) is 23.6 Å². The van der Waals surface area contributed by atoms with Gasteiger partial charge in [-0.05, 0) is 55.2 Å². The van der Waals surface area contributed by atoms with Crippen molar-refractivity contribution in [1.82, 2.24) is 9.97 Å². The standard InChI is InChI=1S/C21H21FN6O2S/c1-13-5-7-16(11-19(13)31(24,29)30)26-21-25-12-17(22)20(28-21)27-18-8-6-15(4-3-9-23)10-14(18)2/h4-8,11-12H,3,10H2,1-2H3,(H2,24,29,30)(H2,25,26,27,28). The second-order valence-electron chi connectivity index (χ2n) is 7.01. The van der Waals surface area contributed by atoms with Crippen LogP contribution in [0.4, 0.5) is 21.8 Å². The fourth-order valence-corrected chi connectivity index (χ4v) is 3.82. The van der Waals surface area contributed by atoms with Gasteiger partial charge >= 0.3 is 0 Å². The Balaban J connectivity index is 1.82. The van der Waals surface area contributed by atoms with Gasteiger partial charge in [0.2, 0.25) is 16.0 Å². The van der Waals surface area contributed by atoms with E-state index in [1.54, 1.807) is 25.1 Å². The molecule has 10 heteroatoms. The number of anilines is 3. The van der Waals surface area contributed by atoms with Gasteiger partial charge in [-0.3, -0.25) is 0 Å². The number of nitriles is 1. The van der Waals surface area contributed by atoms with E-state index >= 15 is 0 Å². The molecular weight excluding hydrogens is 419 g/mol. The molecule has 0 saturated heterocycles. The number of halogens is 1. The van der Waals surface area contributed by atoms with E-state index in [4.69, 9.17) is 10.4 Å². The third-order valence-corrected chi connectivity index (χ3v) is 5.65. The van der Waals surface area contributed by atoms with Crippen LogP contribution < -0.4 is 15.8 Å². The number of rotatable bonds is 6. The summed E-state index contributed by atoms with van der Waals surface area (Å²) in [7, 11) is -3.89. The van der Waals surface area contributed by atoms with Crippen LogP contribution >= 0.6 is 0 Å². The average molecular weight is 441 g/mol. The Morgan fingerprint density at radius 1 is 1.29 bits per heavy atom. The van der Waals surface area contributed by atoms with Crippen molar-refractivity contribution in [3.8, 4) is 6.07 Å². The summed E-state index contributed by atoms with van der Waals surface area (Å²) in [5.74, 6) is -0.584. The zero-order chi connectivity index (χ0) is 22.6. The fraction of sp³-hybridized carbons (Fsp3) is 0.190. The number of allylic oxidation sites excluding steroid dienone is 5. The fourth-order valence-electron chi connectivity index (χ4n) is 3.01. The monoisotopic (exact) mass is 440 g/mol. The summed E-state index contributed by atoms with van der Waals surface area (Å²) in [5.41, 5.74) is 3.58. The van der Waals surface area contributed by atoms with Crippen LogP contribution in [-0.2, 0) is 10.0 Å². The molecule has 1 aromatic heterocycles. The minimum Gasteiger partial charge on any atom is -0.338 e. The van der Waals surface area contributed by atoms with Gasteiger partial charge in [0.1, 0.15) is 0 Å². The van der Waals surface area contributed by atoms with Crippen molar-refractivity contribution in [3.05, 3.63) is 70.8 Å². The summed E-state index contributed by atoms with van der Waals surface area (Å²) in [6, 6.07) is 6.69. The summed E-state index contributed by atoms with van der Waals surface area (Å²) in [4.78, 5) is 8.06. The highest BCUT2D eigenvalue weighted by atomic mass is 32.2. The first-order valence-corrected chi connectivity index (χ1v) is 10.9. The van der Waals surface area contributed by atoms with E-state index in [0.717, 1.165) is 17.3 Å². The third-order valence-electron chi connectivity index (χ3n) is 4.60. The molecule has 1 heterocycles.